The van der Waals surface area contributed by atoms with Crippen LogP contribution in [-0.2, 0) is 16.0 Å². The van der Waals surface area contributed by atoms with Gasteiger partial charge in [0.15, 0.2) is 0 Å². The van der Waals surface area contributed by atoms with E-state index in [0.717, 1.165) is 28.8 Å². The molecule has 2 N–H and O–H groups in total. The average molecular weight is 437 g/mol. The van der Waals surface area contributed by atoms with E-state index in [4.69, 9.17) is 0 Å². The van der Waals surface area contributed by atoms with Gasteiger partial charge in [-0.1, -0.05) is 42.3 Å². The summed E-state index contributed by atoms with van der Waals surface area (Å²) in [5.41, 5.74) is 4.56. The topological polar surface area (TPSA) is 81.8 Å². The first-order chi connectivity index (χ1) is 15.4. The molecule has 0 aliphatic carbocycles. The van der Waals surface area contributed by atoms with E-state index in [9.17, 15) is 14.4 Å². The molecule has 0 radical (unpaired) electrons. The highest BCUT2D eigenvalue weighted by Gasteiger charge is 2.23. The lowest BCUT2D eigenvalue weighted by atomic mass is 10.1. The molecule has 2 aromatic rings. The minimum atomic E-state index is -0.243. The van der Waals surface area contributed by atoms with Gasteiger partial charge in [-0.3, -0.25) is 19.3 Å². The van der Waals surface area contributed by atoms with Crippen molar-refractivity contribution < 1.29 is 14.4 Å². The third-order valence-electron chi connectivity index (χ3n) is 5.65. The lowest BCUT2D eigenvalue weighted by Crippen LogP contribution is -2.52. The first-order valence-electron chi connectivity index (χ1n) is 11.1. The van der Waals surface area contributed by atoms with E-state index in [-0.39, 0.29) is 24.3 Å². The van der Waals surface area contributed by atoms with Crippen molar-refractivity contribution in [1.82, 2.24) is 15.1 Å². The van der Waals surface area contributed by atoms with Crippen LogP contribution in [0.3, 0.4) is 0 Å². The minimum Gasteiger partial charge on any atom is -0.343 e. The second kappa shape index (κ2) is 10.9. The molecule has 0 saturated carbocycles. The summed E-state index contributed by atoms with van der Waals surface area (Å²) < 4.78 is 0. The Bertz CT molecular complexity index is 961. The summed E-state index contributed by atoms with van der Waals surface area (Å²) in [5, 5.41) is 5.71. The fourth-order valence-corrected chi connectivity index (χ4v) is 3.97. The molecule has 2 aromatic carbocycles. The molecule has 3 amide bonds. The van der Waals surface area contributed by atoms with Crippen molar-refractivity contribution in [2.45, 2.75) is 27.2 Å². The van der Waals surface area contributed by atoms with E-state index in [1.807, 2.05) is 61.2 Å². The molecule has 7 nitrogen and oxygen atoms in total. The fraction of sp³-hybridized carbons (Fsp3) is 0.400. The van der Waals surface area contributed by atoms with Gasteiger partial charge in [0.2, 0.25) is 11.8 Å². The van der Waals surface area contributed by atoms with Gasteiger partial charge in [-0.15, -0.1) is 0 Å². The third-order valence-corrected chi connectivity index (χ3v) is 5.65. The highest BCUT2D eigenvalue weighted by Crippen LogP contribution is 2.15. The first-order valence-corrected chi connectivity index (χ1v) is 11.1. The summed E-state index contributed by atoms with van der Waals surface area (Å²) in [6.45, 7) is 8.54. The predicted octanol–water partition coefficient (Wildman–Crippen LogP) is 2.38. The highest BCUT2D eigenvalue weighted by molar-refractivity contribution is 5.97. The number of carbonyl (C=O) groups excluding carboxylic acids is 3. The second-order valence-corrected chi connectivity index (χ2v) is 8.27. The Morgan fingerprint density at radius 2 is 1.59 bits per heavy atom. The highest BCUT2D eigenvalue weighted by atomic mass is 16.2. The van der Waals surface area contributed by atoms with E-state index in [1.165, 1.54) is 0 Å². The Morgan fingerprint density at radius 3 is 2.25 bits per heavy atom. The van der Waals surface area contributed by atoms with E-state index < -0.39 is 0 Å². The van der Waals surface area contributed by atoms with Crippen molar-refractivity contribution in [3.05, 3.63) is 64.7 Å². The van der Waals surface area contributed by atoms with Crippen LogP contribution in [0.25, 0.3) is 0 Å². The zero-order chi connectivity index (χ0) is 23.1. The first kappa shape index (κ1) is 23.5. The quantitative estimate of drug-likeness (QED) is 0.698. The second-order valence-electron chi connectivity index (χ2n) is 8.27. The molecule has 32 heavy (non-hydrogen) atoms. The molecule has 0 atom stereocenters. The lowest BCUT2D eigenvalue weighted by molar-refractivity contribution is -0.132. The van der Waals surface area contributed by atoms with E-state index in [1.54, 1.807) is 4.90 Å². The van der Waals surface area contributed by atoms with Crippen molar-refractivity contribution in [2.75, 3.05) is 44.6 Å². The van der Waals surface area contributed by atoms with Crippen LogP contribution < -0.4 is 10.6 Å². The molecule has 1 fully saturated rings. The number of benzene rings is 2. The van der Waals surface area contributed by atoms with Crippen LogP contribution in [0.4, 0.5) is 5.69 Å². The molecule has 3 rings (SSSR count). The summed E-state index contributed by atoms with van der Waals surface area (Å²) >= 11 is 0. The summed E-state index contributed by atoms with van der Waals surface area (Å²) in [6.07, 6.45) is 0.858. The maximum Gasteiger partial charge on any atom is 0.251 e. The number of nitrogens with zero attached hydrogens (tertiary/aromatic N) is 2. The molecule has 0 unspecified atom stereocenters. The molecule has 0 spiro atoms. The fourth-order valence-electron chi connectivity index (χ4n) is 3.97. The number of carbonyl (C=O) groups is 3. The number of nitrogens with one attached hydrogen (secondary N) is 2. The van der Waals surface area contributed by atoms with Gasteiger partial charge >= 0.3 is 0 Å². The van der Waals surface area contributed by atoms with Crippen LogP contribution in [0.2, 0.25) is 0 Å². The summed E-state index contributed by atoms with van der Waals surface area (Å²) in [5.74, 6) is -0.400. The van der Waals surface area contributed by atoms with Crippen LogP contribution >= 0.6 is 0 Å². The average Bonchev–Trinajstić information content (AvgIpc) is 2.77. The van der Waals surface area contributed by atoms with Crippen LogP contribution in [-0.4, -0.2) is 66.8 Å². The molecular weight excluding hydrogens is 404 g/mol. The van der Waals surface area contributed by atoms with Gasteiger partial charge in [-0.2, -0.15) is 0 Å². The number of amides is 3. The van der Waals surface area contributed by atoms with Crippen molar-refractivity contribution in [3.63, 3.8) is 0 Å². The molecule has 170 valence electrons. The van der Waals surface area contributed by atoms with Gasteiger partial charge in [-0.25, -0.2) is 0 Å². The molecule has 1 heterocycles. The van der Waals surface area contributed by atoms with Gasteiger partial charge in [-0.05, 0) is 44.0 Å². The van der Waals surface area contributed by atoms with Crippen LogP contribution in [0, 0.1) is 13.8 Å². The summed E-state index contributed by atoms with van der Waals surface area (Å²) in [6, 6.07) is 13.4. The molecule has 0 bridgehead atoms. The number of hydrogen-bond acceptors (Lipinski definition) is 4. The number of anilines is 1. The predicted molar refractivity (Wildman–Crippen MR) is 126 cm³/mol. The zero-order valence-corrected chi connectivity index (χ0v) is 19.1. The van der Waals surface area contributed by atoms with E-state index in [0.29, 0.717) is 38.3 Å². The Hall–Kier alpha value is -3.19. The van der Waals surface area contributed by atoms with Crippen molar-refractivity contribution in [1.29, 1.82) is 0 Å². The van der Waals surface area contributed by atoms with Crippen molar-refractivity contribution in [2.24, 2.45) is 0 Å². The Balaban J connectivity index is 1.42. The molecule has 7 heteroatoms. The Labute approximate surface area is 189 Å². The van der Waals surface area contributed by atoms with E-state index in [2.05, 4.69) is 17.6 Å². The molecular formula is C25H32N4O3. The maximum absolute atomic E-state index is 12.5. The SMILES string of the molecule is CCc1ccccc1NC(=O)CN1CCN(C(=O)CNC(=O)c2cc(C)cc(C)c2)CC1. The van der Waals surface area contributed by atoms with Crippen LogP contribution in [0.15, 0.2) is 42.5 Å². The van der Waals surface area contributed by atoms with Crippen molar-refractivity contribution >= 4 is 23.4 Å². The van der Waals surface area contributed by atoms with Gasteiger partial charge in [0.1, 0.15) is 0 Å². The number of rotatable bonds is 7. The standard InChI is InChI=1S/C25H32N4O3/c1-4-20-7-5-6-8-22(20)27-23(30)17-28-9-11-29(12-10-28)24(31)16-26-25(32)21-14-18(2)13-19(3)15-21/h5-8,13-15H,4,9-12,16-17H2,1-3H3,(H,26,32)(H,27,30). The largest absolute Gasteiger partial charge is 0.343 e. The maximum atomic E-state index is 12.5. The molecule has 0 aromatic heterocycles. The summed E-state index contributed by atoms with van der Waals surface area (Å²) in [4.78, 5) is 41.1. The molecule has 1 saturated heterocycles. The van der Waals surface area contributed by atoms with Crippen molar-refractivity contribution in [3.8, 4) is 0 Å². The Morgan fingerprint density at radius 1 is 0.938 bits per heavy atom. The van der Waals surface area contributed by atoms with Gasteiger partial charge in [0, 0.05) is 37.4 Å². The number of aryl methyl sites for hydroxylation is 3. The zero-order valence-electron chi connectivity index (χ0n) is 19.1. The third kappa shape index (κ3) is 6.40. The number of piperazine rings is 1. The summed E-state index contributed by atoms with van der Waals surface area (Å²) in [7, 11) is 0. The van der Waals surface area contributed by atoms with Crippen LogP contribution in [0.5, 0.6) is 0 Å². The van der Waals surface area contributed by atoms with Gasteiger partial charge in [0.25, 0.3) is 5.91 Å². The normalized spacial score (nSPS) is 14.2. The monoisotopic (exact) mass is 436 g/mol. The smallest absolute Gasteiger partial charge is 0.251 e. The molecule has 1 aliphatic heterocycles. The van der Waals surface area contributed by atoms with Crippen LogP contribution in [0.1, 0.15) is 34.0 Å². The molecule has 1 aliphatic rings. The Kier molecular flexibility index (Phi) is 8.00. The van der Waals surface area contributed by atoms with Gasteiger partial charge < -0.3 is 15.5 Å². The number of hydrogen-bond donors (Lipinski definition) is 2. The lowest BCUT2D eigenvalue weighted by Gasteiger charge is -2.34. The van der Waals surface area contributed by atoms with Gasteiger partial charge in [0.05, 0.1) is 13.1 Å². The van der Waals surface area contributed by atoms with E-state index >= 15 is 0 Å². The minimum absolute atomic E-state index is 0.0277. The number of para-hydroxylation sites is 1.